The Morgan fingerprint density at radius 3 is 1.38 bits per heavy atom. The van der Waals surface area contributed by atoms with E-state index in [1.54, 1.807) is 6.92 Å². The summed E-state index contributed by atoms with van der Waals surface area (Å²) in [6.45, 7) is 34.4. The maximum atomic E-state index is 13.3. The van der Waals surface area contributed by atoms with E-state index in [2.05, 4.69) is 21.3 Å². The van der Waals surface area contributed by atoms with Crippen LogP contribution in [0.3, 0.4) is 0 Å². The number of amides is 5. The van der Waals surface area contributed by atoms with Crippen molar-refractivity contribution in [1.29, 1.82) is 0 Å². The van der Waals surface area contributed by atoms with Crippen LogP contribution in [0.25, 0.3) is 0 Å². The molecule has 5 amide bonds. The molecule has 0 aromatic heterocycles. The van der Waals surface area contributed by atoms with Gasteiger partial charge >= 0.3 is 0 Å². The number of carbonyl (C=O) groups excluding carboxylic acids is 6. The van der Waals surface area contributed by atoms with E-state index < -0.39 is 67.9 Å². The molecule has 2 aromatic rings. The minimum Gasteiger partial charge on any atom is -0.394 e. The van der Waals surface area contributed by atoms with Gasteiger partial charge in [0.2, 0.25) is 12.3 Å². The normalized spacial score (nSPS) is 11.0. The third-order valence-corrected chi connectivity index (χ3v) is 9.44. The number of hydrogen-bond donors (Lipinski definition) is 12. The first-order valence-corrected chi connectivity index (χ1v) is 24.8. The summed E-state index contributed by atoms with van der Waals surface area (Å²) in [6, 6.07) is 0. The largest absolute Gasteiger partial charge is 0.394 e. The van der Waals surface area contributed by atoms with Crippen LogP contribution in [0.2, 0.25) is 0 Å². The van der Waals surface area contributed by atoms with Crippen LogP contribution in [0, 0.1) is 48.5 Å². The smallest absolute Gasteiger partial charge is 0.256 e. The van der Waals surface area contributed by atoms with Crippen molar-refractivity contribution in [3.05, 3.63) is 55.6 Å². The zero-order valence-electron chi connectivity index (χ0n) is 48.0. The molecule has 12 N–H and O–H groups in total. The van der Waals surface area contributed by atoms with Gasteiger partial charge in [-0.2, -0.15) is 0 Å². The summed E-state index contributed by atoms with van der Waals surface area (Å²) in [4.78, 5) is 74.4. The van der Waals surface area contributed by atoms with E-state index >= 15 is 0 Å². The van der Waals surface area contributed by atoms with Crippen LogP contribution in [0.5, 0.6) is 0 Å². The van der Waals surface area contributed by atoms with Crippen molar-refractivity contribution < 1.29 is 69.6 Å². The van der Waals surface area contributed by atoms with Crippen molar-refractivity contribution in [2.75, 3.05) is 84.4 Å². The number of hydrogen-bond acceptors (Lipinski definition) is 15. The molecule has 0 aliphatic carbocycles. The quantitative estimate of drug-likeness (QED) is 0.0702. The lowest BCUT2D eigenvalue weighted by Gasteiger charge is -2.26. The van der Waals surface area contributed by atoms with Crippen LogP contribution in [0.15, 0.2) is 0 Å². The van der Waals surface area contributed by atoms with Crippen LogP contribution >= 0.6 is 0 Å². The van der Waals surface area contributed by atoms with Gasteiger partial charge < -0.3 is 71.9 Å². The first-order chi connectivity index (χ1) is 34.0. The molecule has 2 rings (SSSR count). The molecule has 4 atom stereocenters. The molecule has 0 fully saturated rings. The molecule has 0 radical (unpaired) electrons. The van der Waals surface area contributed by atoms with Crippen LogP contribution in [-0.2, 0) is 14.4 Å². The third-order valence-electron chi connectivity index (χ3n) is 9.44. The number of aliphatic hydroxyl groups excluding tert-OH is 8. The van der Waals surface area contributed by atoms with Crippen molar-refractivity contribution in [1.82, 2.24) is 20.4 Å². The van der Waals surface area contributed by atoms with Crippen LogP contribution < -0.4 is 21.3 Å². The predicted octanol–water partition coefficient (Wildman–Crippen LogP) is 3.89. The van der Waals surface area contributed by atoms with Crippen molar-refractivity contribution in [3.63, 3.8) is 0 Å². The molecule has 0 spiro atoms. The highest BCUT2D eigenvalue weighted by Gasteiger charge is 2.30. The van der Waals surface area contributed by atoms with Crippen molar-refractivity contribution in [2.45, 2.75) is 156 Å². The lowest BCUT2D eigenvalue weighted by molar-refractivity contribution is -0.131. The molecule has 72 heavy (non-hydrogen) atoms. The molecule has 0 saturated heterocycles. The zero-order valence-corrected chi connectivity index (χ0v) is 48.0. The van der Waals surface area contributed by atoms with Crippen LogP contribution in [0.1, 0.15) is 153 Å². The maximum Gasteiger partial charge on any atom is 0.256 e. The van der Waals surface area contributed by atoms with Gasteiger partial charge in [0.25, 0.3) is 17.7 Å². The number of nitrogens with one attached hydrogen (secondary N) is 4. The number of aliphatic hydroxyl groups is 8. The lowest BCUT2D eigenvalue weighted by Crippen LogP contribution is -2.41. The summed E-state index contributed by atoms with van der Waals surface area (Å²) in [5, 5.41) is 83.3. The van der Waals surface area contributed by atoms with Gasteiger partial charge in [0, 0.05) is 61.3 Å². The second-order valence-electron chi connectivity index (χ2n) is 14.2. The fraction of sp³-hybridized carbons (Fsp3) is 0.654. The fourth-order valence-electron chi connectivity index (χ4n) is 5.97. The molecule has 0 heterocycles. The number of rotatable bonds is 19. The SMILES string of the molecule is CC.CC.CC.CC.CC.CC.CN(C)CC(O)CO.Cc1c(C)c(C=O)c(C)c(NC(=O)CO)c1C.Cc1c(NC(=O)C(O)C(O)CO)c(C)c(C(=O)N(C)CC(O)CO)c(C)c1C(=O)NCCNC=O. The van der Waals surface area contributed by atoms with Gasteiger partial charge in [-0.25, -0.2) is 0 Å². The Kier molecular flexibility index (Phi) is 56.0. The van der Waals surface area contributed by atoms with Gasteiger partial charge in [0.15, 0.2) is 12.4 Å². The van der Waals surface area contributed by atoms with Crippen molar-refractivity contribution in [2.24, 2.45) is 0 Å². The Morgan fingerprint density at radius 1 is 0.542 bits per heavy atom. The molecule has 0 bridgehead atoms. The van der Waals surface area contributed by atoms with E-state index in [1.165, 1.54) is 27.8 Å². The molecular weight excluding hydrogens is 933 g/mol. The fourth-order valence-corrected chi connectivity index (χ4v) is 5.97. The molecular formula is C52H100N6O14. The number of aldehydes is 1. The van der Waals surface area contributed by atoms with Gasteiger partial charge in [-0.15, -0.1) is 0 Å². The average Bonchev–Trinajstić information content (AvgIpc) is 3.40. The Hall–Kier alpha value is -4.90. The Balaban J connectivity index is -0.000000189. The maximum absolute atomic E-state index is 13.3. The predicted molar refractivity (Wildman–Crippen MR) is 291 cm³/mol. The van der Waals surface area contributed by atoms with Crippen LogP contribution in [0.4, 0.5) is 11.4 Å². The Bertz CT molecular complexity index is 1790. The summed E-state index contributed by atoms with van der Waals surface area (Å²) < 4.78 is 0. The van der Waals surface area contributed by atoms with E-state index in [0.29, 0.717) is 24.2 Å². The number of benzene rings is 2. The van der Waals surface area contributed by atoms with Crippen molar-refractivity contribution in [3.8, 4) is 0 Å². The number of nitrogens with zero attached hydrogens (tertiary/aromatic N) is 2. The second-order valence-corrected chi connectivity index (χ2v) is 14.2. The van der Waals surface area contributed by atoms with Crippen LogP contribution in [-0.4, -0.2) is 185 Å². The summed E-state index contributed by atoms with van der Waals surface area (Å²) in [7, 11) is 5.09. The minimum atomic E-state index is -1.98. The third kappa shape index (κ3) is 29.6. The lowest BCUT2D eigenvalue weighted by atomic mass is 9.89. The average molecular weight is 1030 g/mol. The monoisotopic (exact) mass is 1030 g/mol. The molecule has 20 heteroatoms. The summed E-state index contributed by atoms with van der Waals surface area (Å²) >= 11 is 0. The topological polar surface area (TPSA) is 319 Å². The first kappa shape index (κ1) is 81.2. The van der Waals surface area contributed by atoms with Gasteiger partial charge in [-0.05, 0) is 102 Å². The van der Waals surface area contributed by atoms with Gasteiger partial charge in [-0.3, -0.25) is 28.8 Å². The molecule has 4 unspecified atom stereocenters. The highest BCUT2D eigenvalue weighted by atomic mass is 16.4. The molecule has 422 valence electrons. The molecule has 0 saturated carbocycles. The summed E-state index contributed by atoms with van der Waals surface area (Å²) in [6.07, 6.45) is -4.25. The van der Waals surface area contributed by atoms with E-state index in [0.717, 1.165) is 33.4 Å². The Morgan fingerprint density at radius 2 is 0.986 bits per heavy atom. The number of carbonyl (C=O) groups is 6. The highest BCUT2D eigenvalue weighted by Crippen LogP contribution is 2.33. The molecule has 20 nitrogen and oxygen atoms in total. The zero-order chi connectivity index (χ0) is 58.6. The van der Waals surface area contributed by atoms with E-state index in [4.69, 9.17) is 25.5 Å². The van der Waals surface area contributed by atoms with E-state index in [9.17, 15) is 44.1 Å². The summed E-state index contributed by atoms with van der Waals surface area (Å²) in [5.74, 6) is -2.73. The van der Waals surface area contributed by atoms with Gasteiger partial charge in [0.05, 0.1) is 32.0 Å². The van der Waals surface area contributed by atoms with Gasteiger partial charge in [-0.1, -0.05) is 83.1 Å². The molecule has 0 aliphatic rings. The number of likely N-dealkylation sites (N-methyl/N-ethyl adjacent to an activating group) is 2. The standard InChI is InChI=1S/C22H34N4O9.C13H17NO3.C5H13NO2.6C2H6/c1-11-16(20(33)24-6-5-23-10-29)12(2)18(25-21(34)19(32)15(31)9-28)13(3)17(11)22(35)26(4)7-14(30)8-27;1-7-8(2)11(5-15)10(4)13(9(7)3)14-12(17)6-16;1-6(2)3-5(8)4-7;6*1-2/h10,14-15,19,27-28,30-32H,5-9H2,1-4H3,(H,23,29)(H,24,33)(H,25,34);5,16H,6H2,1-4H3,(H,14,17);5,7-8H,3-4H2,1-2H3;6*1-2H3. The first-order valence-electron chi connectivity index (χ1n) is 24.8. The molecule has 0 aliphatic heterocycles. The van der Waals surface area contributed by atoms with Crippen molar-refractivity contribution >= 4 is 47.7 Å². The van der Waals surface area contributed by atoms with E-state index in [-0.39, 0.29) is 59.7 Å². The van der Waals surface area contributed by atoms with Gasteiger partial charge in [0.1, 0.15) is 12.7 Å². The summed E-state index contributed by atoms with van der Waals surface area (Å²) in [5.41, 5.74) is 5.75. The second kappa shape index (κ2) is 49.7. The van der Waals surface area contributed by atoms with E-state index in [1.807, 2.05) is 123 Å². The minimum absolute atomic E-state index is 0.0420. The molecule has 2 aromatic carbocycles. The Labute approximate surface area is 432 Å². The number of anilines is 2. The highest BCUT2D eigenvalue weighted by molar-refractivity contribution is 6.08.